The number of hydrogen-bond donors (Lipinski definition) is 3. The maximum absolute atomic E-state index is 16.7. The largest absolute Gasteiger partial charge is 0.336 e. The van der Waals surface area contributed by atoms with Gasteiger partial charge in [-0.15, -0.1) is 0 Å². The van der Waals surface area contributed by atoms with Gasteiger partial charge in [-0.1, -0.05) is 20.4 Å². The lowest BCUT2D eigenvalue weighted by molar-refractivity contribution is -0.132. The second-order valence-corrected chi connectivity index (χ2v) is 16.1. The summed E-state index contributed by atoms with van der Waals surface area (Å²) in [5.74, 6) is 0.481. The van der Waals surface area contributed by atoms with E-state index in [4.69, 9.17) is 0 Å². The van der Waals surface area contributed by atoms with Gasteiger partial charge in [0.1, 0.15) is 12.3 Å². The van der Waals surface area contributed by atoms with Crippen LogP contribution in [0.2, 0.25) is 0 Å². The van der Waals surface area contributed by atoms with E-state index < -0.39 is 30.5 Å². The molecule has 6 aliphatic rings. The SMILES string of the molecule is C=CC(=O)N1CCN(C2NC(=O)N3C4NC(C(F)CC42)C2C(F)CCCC2N(C)CCCSC2CCNC(C(C)C)C23)[C@@H](C)C1. The van der Waals surface area contributed by atoms with E-state index in [1.165, 1.54) is 6.08 Å². The minimum absolute atomic E-state index is 0.0281. The second-order valence-electron chi connectivity index (χ2n) is 14.8. The average molecular weight is 652 g/mol. The van der Waals surface area contributed by atoms with E-state index in [-0.39, 0.29) is 59.9 Å². The number of rotatable bonds is 3. The van der Waals surface area contributed by atoms with E-state index in [9.17, 15) is 9.59 Å². The number of piperazine rings is 1. The highest BCUT2D eigenvalue weighted by molar-refractivity contribution is 7.99. The van der Waals surface area contributed by atoms with Gasteiger partial charge in [0.15, 0.2) is 0 Å². The van der Waals surface area contributed by atoms with Crippen molar-refractivity contribution >= 4 is 23.7 Å². The van der Waals surface area contributed by atoms with E-state index in [0.29, 0.717) is 32.0 Å². The van der Waals surface area contributed by atoms with Gasteiger partial charge in [-0.3, -0.25) is 15.0 Å². The van der Waals surface area contributed by atoms with Crippen molar-refractivity contribution in [3.63, 3.8) is 0 Å². The number of carbonyl (C=O) groups excluding carboxylic acids is 2. The van der Waals surface area contributed by atoms with Gasteiger partial charge in [0.25, 0.3) is 0 Å². The lowest BCUT2D eigenvalue weighted by Crippen LogP contribution is -2.80. The Labute approximate surface area is 272 Å². The van der Waals surface area contributed by atoms with Crippen LogP contribution in [0, 0.1) is 17.8 Å². The van der Waals surface area contributed by atoms with E-state index in [2.05, 4.69) is 60.1 Å². The maximum atomic E-state index is 16.7. The van der Waals surface area contributed by atoms with Crippen molar-refractivity contribution in [2.75, 3.05) is 45.5 Å². The number of amides is 3. The highest BCUT2D eigenvalue weighted by Crippen LogP contribution is 2.43. The van der Waals surface area contributed by atoms with Gasteiger partial charge in [-0.25, -0.2) is 13.6 Å². The summed E-state index contributed by atoms with van der Waals surface area (Å²) in [5, 5.41) is 11.1. The van der Waals surface area contributed by atoms with Crippen molar-refractivity contribution in [2.24, 2.45) is 17.8 Å². The Hall–Kier alpha value is -1.47. The minimum atomic E-state index is -1.23. The predicted molar refractivity (Wildman–Crippen MR) is 175 cm³/mol. The molecule has 9 nitrogen and oxygen atoms in total. The van der Waals surface area contributed by atoms with Crippen molar-refractivity contribution in [1.29, 1.82) is 0 Å². The van der Waals surface area contributed by atoms with Crippen LogP contribution in [-0.4, -0.2) is 137 Å². The molecule has 0 aromatic heterocycles. The fourth-order valence-corrected chi connectivity index (χ4v) is 11.0. The summed E-state index contributed by atoms with van der Waals surface area (Å²) in [6, 6.07) is -0.836. The number of hydrogen-bond acceptors (Lipinski definition) is 7. The second kappa shape index (κ2) is 13.9. The fourth-order valence-electron chi connectivity index (χ4n) is 9.62. The molecule has 11 unspecified atom stereocenters. The molecule has 1 saturated carbocycles. The van der Waals surface area contributed by atoms with Gasteiger partial charge in [-0.2, -0.15) is 11.8 Å². The molecule has 254 valence electrons. The van der Waals surface area contributed by atoms with E-state index in [1.54, 1.807) is 4.90 Å². The number of piperidine rings is 2. The molecule has 3 N–H and O–H groups in total. The van der Waals surface area contributed by atoms with Crippen LogP contribution in [0.15, 0.2) is 12.7 Å². The van der Waals surface area contributed by atoms with Gasteiger partial charge in [0, 0.05) is 60.9 Å². The van der Waals surface area contributed by atoms with Crippen LogP contribution in [0.5, 0.6) is 0 Å². The molecule has 6 rings (SSSR count). The Morgan fingerprint density at radius 3 is 2.62 bits per heavy atom. The molecular weight excluding hydrogens is 596 g/mol. The summed E-state index contributed by atoms with van der Waals surface area (Å²) < 4.78 is 32.8. The third-order valence-electron chi connectivity index (χ3n) is 11.8. The molecule has 0 radical (unpaired) electrons. The standard InChI is InChI=1S/C33H55F2N7O2S/c1-6-26(43)40-14-15-41(20(4)18-40)31-21-17-23(35)29-27-22(34)9-7-10-24(27)39(5)13-8-16-45-25-11-12-36-28(19(2)3)30(25)42(32(21)37-29)33(44)38-31/h6,19-25,27-32,36-37H,1,7-18H2,2-5H3,(H,38,44)/t20-,21?,22?,23?,24?,25?,27?,28?,29?,30?,31?,32?/m0/s1. The summed E-state index contributed by atoms with van der Waals surface area (Å²) in [6.45, 7) is 13.5. The molecular formula is C33H55F2N7O2S. The highest BCUT2D eigenvalue weighted by atomic mass is 32.2. The Balaban J connectivity index is 1.39. The molecule has 1 aliphatic carbocycles. The van der Waals surface area contributed by atoms with Gasteiger partial charge < -0.3 is 25.3 Å². The first kappa shape index (κ1) is 33.4. The molecule has 2 bridgehead atoms. The molecule has 12 heteroatoms. The van der Waals surface area contributed by atoms with Crippen LogP contribution >= 0.6 is 11.8 Å². The Bertz CT molecular complexity index is 1090. The number of fused-ring (bicyclic) bond motifs is 5. The first-order valence-electron chi connectivity index (χ1n) is 17.5. The third-order valence-corrected chi connectivity index (χ3v) is 13.3. The number of halogens is 2. The van der Waals surface area contributed by atoms with Crippen molar-refractivity contribution in [2.45, 2.75) is 119 Å². The maximum Gasteiger partial charge on any atom is 0.320 e. The Morgan fingerprint density at radius 1 is 1.09 bits per heavy atom. The van der Waals surface area contributed by atoms with Gasteiger partial charge in [-0.05, 0) is 83.3 Å². The van der Waals surface area contributed by atoms with Crippen molar-refractivity contribution in [3.8, 4) is 0 Å². The summed E-state index contributed by atoms with van der Waals surface area (Å²) in [4.78, 5) is 35.3. The highest BCUT2D eigenvalue weighted by Gasteiger charge is 2.57. The molecule has 3 amide bonds. The van der Waals surface area contributed by atoms with Crippen LogP contribution in [0.4, 0.5) is 13.6 Å². The summed E-state index contributed by atoms with van der Waals surface area (Å²) >= 11 is 1.97. The molecule has 5 saturated heterocycles. The van der Waals surface area contributed by atoms with Crippen molar-refractivity contribution in [1.82, 2.24) is 35.6 Å². The Kier molecular flexibility index (Phi) is 10.4. The molecule has 5 aliphatic heterocycles. The summed E-state index contributed by atoms with van der Waals surface area (Å²) in [6.07, 6.45) is 2.58. The zero-order valence-electron chi connectivity index (χ0n) is 27.5. The smallest absolute Gasteiger partial charge is 0.320 e. The number of urea groups is 1. The van der Waals surface area contributed by atoms with Crippen LogP contribution in [-0.2, 0) is 4.79 Å². The van der Waals surface area contributed by atoms with Crippen LogP contribution in [0.25, 0.3) is 0 Å². The normalized spacial score (nSPS) is 43.7. The minimum Gasteiger partial charge on any atom is -0.336 e. The lowest BCUT2D eigenvalue weighted by Gasteiger charge is -2.60. The van der Waals surface area contributed by atoms with Gasteiger partial charge >= 0.3 is 6.03 Å². The van der Waals surface area contributed by atoms with Crippen molar-refractivity contribution in [3.05, 3.63) is 12.7 Å². The topological polar surface area (TPSA) is 83.2 Å². The zero-order valence-corrected chi connectivity index (χ0v) is 28.4. The first-order valence-corrected chi connectivity index (χ1v) is 18.5. The molecule has 0 aromatic carbocycles. The molecule has 12 atom stereocenters. The van der Waals surface area contributed by atoms with E-state index in [1.807, 2.05) is 16.7 Å². The Morgan fingerprint density at radius 2 is 1.89 bits per heavy atom. The quantitative estimate of drug-likeness (QED) is 0.405. The molecule has 0 aromatic rings. The summed E-state index contributed by atoms with van der Waals surface area (Å²) in [7, 11) is 2.09. The van der Waals surface area contributed by atoms with Crippen LogP contribution in [0.1, 0.15) is 59.3 Å². The number of carbonyl (C=O) groups is 2. The summed E-state index contributed by atoms with van der Waals surface area (Å²) in [5.41, 5.74) is 0. The number of thioether (sulfide) groups is 1. The zero-order chi connectivity index (χ0) is 32.0. The fraction of sp³-hybridized carbons (Fsp3) is 0.879. The molecule has 5 heterocycles. The van der Waals surface area contributed by atoms with Crippen molar-refractivity contribution < 1.29 is 18.4 Å². The molecule has 6 fully saturated rings. The first-order chi connectivity index (χ1) is 21.6. The number of alkyl halides is 2. The van der Waals surface area contributed by atoms with Gasteiger partial charge in [0.2, 0.25) is 5.91 Å². The third kappa shape index (κ3) is 6.39. The molecule has 45 heavy (non-hydrogen) atoms. The lowest BCUT2D eigenvalue weighted by atomic mass is 9.72. The van der Waals surface area contributed by atoms with Crippen LogP contribution in [0.3, 0.4) is 0 Å². The van der Waals surface area contributed by atoms with Crippen LogP contribution < -0.4 is 16.0 Å². The number of nitrogens with one attached hydrogen (secondary N) is 3. The van der Waals surface area contributed by atoms with E-state index >= 15 is 8.78 Å². The predicted octanol–water partition coefficient (Wildman–Crippen LogP) is 3.03. The molecule has 0 spiro atoms. The van der Waals surface area contributed by atoms with Gasteiger partial charge in [0.05, 0.1) is 18.4 Å². The average Bonchev–Trinajstić information content (AvgIpc) is 3.02. The monoisotopic (exact) mass is 651 g/mol. The number of nitrogens with zero attached hydrogens (tertiary/aromatic N) is 4. The van der Waals surface area contributed by atoms with E-state index in [0.717, 1.165) is 44.5 Å².